The summed E-state index contributed by atoms with van der Waals surface area (Å²) in [6.45, 7) is 0. The zero-order valence-corrected chi connectivity index (χ0v) is 12.9. The Morgan fingerprint density at radius 2 is 1.50 bits per heavy atom. The third-order valence-electron chi connectivity index (χ3n) is 2.41. The van der Waals surface area contributed by atoms with E-state index in [0.29, 0.717) is 25.7 Å². The van der Waals surface area contributed by atoms with Gasteiger partial charge in [-0.2, -0.15) is 0 Å². The Morgan fingerprint density at radius 1 is 1.07 bits per heavy atom. The van der Waals surface area contributed by atoms with Crippen molar-refractivity contribution in [1.82, 2.24) is 0 Å². The maximum absolute atomic E-state index is 11.9. The highest BCUT2D eigenvalue weighted by atomic mass is 80.0. The molecule has 1 aliphatic carbocycles. The number of aliphatic hydroxyl groups is 1. The lowest BCUT2D eigenvalue weighted by molar-refractivity contribution is 0.131. The van der Waals surface area contributed by atoms with E-state index >= 15 is 0 Å². The van der Waals surface area contributed by atoms with Gasteiger partial charge < -0.3 is 5.11 Å². The van der Waals surface area contributed by atoms with Gasteiger partial charge in [0.05, 0.1) is 11.4 Å². The van der Waals surface area contributed by atoms with Crippen LogP contribution in [0, 0.1) is 0 Å². The smallest absolute Gasteiger partial charge is 0.235 e. The van der Waals surface area contributed by atoms with Gasteiger partial charge in [0.1, 0.15) is 0 Å². The molecule has 0 radical (unpaired) electrons. The van der Waals surface area contributed by atoms with Crippen LogP contribution in [0.25, 0.3) is 0 Å². The largest absolute Gasteiger partial charge is 0.393 e. The van der Waals surface area contributed by atoms with Crippen molar-refractivity contribution in [2.45, 2.75) is 38.5 Å². The molecule has 0 aromatic heterocycles. The van der Waals surface area contributed by atoms with Gasteiger partial charge in [-0.1, -0.05) is 0 Å². The summed E-state index contributed by atoms with van der Waals surface area (Å²) in [7, 11) is -3.28. The van der Waals surface area contributed by atoms with Crippen LogP contribution in [0.5, 0.6) is 0 Å². The van der Waals surface area contributed by atoms with Crippen molar-refractivity contribution in [1.29, 1.82) is 0 Å². The van der Waals surface area contributed by atoms with Crippen LogP contribution in [0.1, 0.15) is 25.7 Å². The molecule has 7 heteroatoms. The molecule has 84 valence electrons. The van der Waals surface area contributed by atoms with Crippen LogP contribution in [-0.2, 0) is 9.84 Å². The van der Waals surface area contributed by atoms with Crippen LogP contribution in [0.3, 0.4) is 0 Å². The summed E-state index contributed by atoms with van der Waals surface area (Å²) >= 11 is 9.10. The third-order valence-corrected chi connectivity index (χ3v) is 8.46. The molecular weight excluding hydrogens is 404 g/mol. The molecule has 1 fully saturated rings. The molecule has 0 saturated heterocycles. The van der Waals surface area contributed by atoms with Crippen molar-refractivity contribution < 1.29 is 13.5 Å². The molecule has 0 aromatic rings. The van der Waals surface area contributed by atoms with Crippen LogP contribution in [0.15, 0.2) is 0 Å². The van der Waals surface area contributed by atoms with Gasteiger partial charge in [0.2, 0.25) is 1.47 Å². The maximum atomic E-state index is 11.9. The van der Waals surface area contributed by atoms with Gasteiger partial charge in [-0.05, 0) is 73.5 Å². The number of sulfone groups is 1. The predicted molar refractivity (Wildman–Crippen MR) is 66.7 cm³/mol. The van der Waals surface area contributed by atoms with Crippen LogP contribution in [0.4, 0.5) is 0 Å². The SMILES string of the molecule is O=S(=O)(C1CCC(O)CC1)C(Br)(Br)Br. The van der Waals surface area contributed by atoms with Gasteiger partial charge in [0, 0.05) is 0 Å². The van der Waals surface area contributed by atoms with E-state index in [1.807, 2.05) is 0 Å². The molecule has 0 amide bonds. The van der Waals surface area contributed by atoms with Crippen LogP contribution >= 0.6 is 47.8 Å². The van der Waals surface area contributed by atoms with E-state index < -0.39 is 11.3 Å². The second-order valence-electron chi connectivity index (χ2n) is 3.42. The van der Waals surface area contributed by atoms with Gasteiger partial charge in [-0.15, -0.1) is 0 Å². The van der Waals surface area contributed by atoms with Crippen molar-refractivity contribution in [3.8, 4) is 0 Å². The summed E-state index contributed by atoms with van der Waals surface area (Å²) in [5.74, 6) is 0. The molecule has 14 heavy (non-hydrogen) atoms. The molecule has 1 N–H and O–H groups in total. The first-order chi connectivity index (χ1) is 6.25. The Kier molecular flexibility index (Phi) is 4.49. The number of rotatable bonds is 1. The van der Waals surface area contributed by atoms with E-state index in [1.54, 1.807) is 0 Å². The van der Waals surface area contributed by atoms with Crippen LogP contribution < -0.4 is 0 Å². The first kappa shape index (κ1) is 13.4. The molecule has 3 nitrogen and oxygen atoms in total. The minimum Gasteiger partial charge on any atom is -0.393 e. The molecule has 0 spiro atoms. The topological polar surface area (TPSA) is 54.4 Å². The highest BCUT2D eigenvalue weighted by molar-refractivity contribution is 9.42. The quantitative estimate of drug-likeness (QED) is 0.671. The lowest BCUT2D eigenvalue weighted by Crippen LogP contribution is -2.35. The fourth-order valence-corrected chi connectivity index (χ4v) is 5.19. The Hall–Kier alpha value is 1.35. The number of hydrogen-bond donors (Lipinski definition) is 1. The molecule has 1 rings (SSSR count). The molecule has 0 aliphatic heterocycles. The van der Waals surface area contributed by atoms with E-state index in [1.165, 1.54) is 0 Å². The normalized spacial score (nSPS) is 30.3. The minimum absolute atomic E-state index is 0.336. The van der Waals surface area contributed by atoms with Crippen LogP contribution in [0.2, 0.25) is 0 Å². The fraction of sp³-hybridized carbons (Fsp3) is 1.00. The second kappa shape index (κ2) is 4.69. The average molecular weight is 415 g/mol. The van der Waals surface area contributed by atoms with Crippen molar-refractivity contribution >= 4 is 57.6 Å². The van der Waals surface area contributed by atoms with Gasteiger partial charge in [0.15, 0.2) is 9.84 Å². The van der Waals surface area contributed by atoms with Gasteiger partial charge >= 0.3 is 0 Å². The van der Waals surface area contributed by atoms with Crippen LogP contribution in [-0.4, -0.2) is 26.4 Å². The summed E-state index contributed by atoms with van der Waals surface area (Å²) in [6.07, 6.45) is 1.83. The van der Waals surface area contributed by atoms with Gasteiger partial charge in [-0.25, -0.2) is 8.42 Å². The Bertz CT molecular complexity index is 288. The summed E-state index contributed by atoms with van der Waals surface area (Å²) in [4.78, 5) is 0. The molecule has 1 saturated carbocycles. The molecule has 0 aromatic carbocycles. The monoisotopic (exact) mass is 412 g/mol. The molecular formula is C7H11Br3O3S. The van der Waals surface area contributed by atoms with E-state index in [2.05, 4.69) is 47.8 Å². The van der Waals surface area contributed by atoms with E-state index in [4.69, 9.17) is 0 Å². The number of hydrogen-bond acceptors (Lipinski definition) is 3. The predicted octanol–water partition coefficient (Wildman–Crippen LogP) is 2.50. The molecule has 0 atom stereocenters. The highest BCUT2D eigenvalue weighted by Gasteiger charge is 2.43. The zero-order chi connectivity index (χ0) is 11.0. The van der Waals surface area contributed by atoms with E-state index in [-0.39, 0.29) is 11.4 Å². The molecule has 0 bridgehead atoms. The number of alkyl halides is 3. The molecule has 1 aliphatic rings. The fourth-order valence-electron chi connectivity index (χ4n) is 1.54. The Labute approximate surface area is 109 Å². The Morgan fingerprint density at radius 3 is 1.86 bits per heavy atom. The maximum Gasteiger partial charge on any atom is 0.235 e. The van der Waals surface area contributed by atoms with Crippen molar-refractivity contribution in [2.75, 3.05) is 0 Å². The summed E-state index contributed by atoms with van der Waals surface area (Å²) in [6, 6.07) is 0. The van der Waals surface area contributed by atoms with E-state index in [0.717, 1.165) is 0 Å². The third kappa shape index (κ3) is 2.93. The average Bonchev–Trinajstić information content (AvgIpc) is 2.03. The zero-order valence-electron chi connectivity index (χ0n) is 7.29. The standard InChI is InChI=1S/C7H11Br3O3S/c8-7(9,10)14(12,13)6-3-1-5(11)2-4-6/h5-6,11H,1-4H2. The highest BCUT2D eigenvalue weighted by Crippen LogP contribution is 2.44. The van der Waals surface area contributed by atoms with Crippen molar-refractivity contribution in [3.05, 3.63) is 0 Å². The first-order valence-corrected chi connectivity index (χ1v) is 8.16. The number of aliphatic hydroxyl groups excluding tert-OH is 1. The molecule has 0 heterocycles. The van der Waals surface area contributed by atoms with E-state index in [9.17, 15) is 13.5 Å². The van der Waals surface area contributed by atoms with Gasteiger partial charge in [0.25, 0.3) is 0 Å². The first-order valence-electron chi connectivity index (χ1n) is 4.23. The van der Waals surface area contributed by atoms with Crippen molar-refractivity contribution in [2.24, 2.45) is 0 Å². The van der Waals surface area contributed by atoms with Crippen molar-refractivity contribution in [3.63, 3.8) is 0 Å². The summed E-state index contributed by atoms with van der Waals surface area (Å²) < 4.78 is 22.6. The number of halogens is 3. The minimum atomic E-state index is -3.28. The molecule has 0 unspecified atom stereocenters. The second-order valence-corrected chi connectivity index (χ2v) is 14.1. The Balaban J connectivity index is 2.76. The van der Waals surface area contributed by atoms with Gasteiger partial charge in [-0.3, -0.25) is 0 Å². The lowest BCUT2D eigenvalue weighted by atomic mass is 9.97. The summed E-state index contributed by atoms with van der Waals surface area (Å²) in [5.41, 5.74) is 0. The summed E-state index contributed by atoms with van der Waals surface area (Å²) in [5, 5.41) is 8.88. The lowest BCUT2D eigenvalue weighted by Gasteiger charge is -2.28.